The maximum absolute atomic E-state index is 6.60. The zero-order valence-corrected chi connectivity index (χ0v) is 25.8. The summed E-state index contributed by atoms with van der Waals surface area (Å²) in [6, 6.07) is 58.8. The molecule has 0 saturated carbocycles. The first-order valence-electron chi connectivity index (χ1n) is 16.4. The second-order valence-corrected chi connectivity index (χ2v) is 12.6. The molecule has 224 valence electrons. The average Bonchev–Trinajstić information content (AvgIpc) is 3.87. The fraction of sp³-hybridized carbons (Fsp3) is 0. The van der Waals surface area contributed by atoms with E-state index in [1.165, 1.54) is 43.5 Å². The highest BCUT2D eigenvalue weighted by Crippen LogP contribution is 2.41. The Morgan fingerprint density at radius 3 is 1.42 bits per heavy atom. The van der Waals surface area contributed by atoms with Gasteiger partial charge in [0.1, 0.15) is 5.58 Å². The summed E-state index contributed by atoms with van der Waals surface area (Å²) >= 11 is 0. The van der Waals surface area contributed by atoms with Crippen molar-refractivity contribution in [2.45, 2.75) is 0 Å². The number of nitrogens with zero attached hydrogens (tertiary/aromatic N) is 3. The molecule has 7 aromatic carbocycles. The van der Waals surface area contributed by atoms with Crippen LogP contribution in [0.4, 0.5) is 0 Å². The monoisotopic (exact) mass is 613 g/mol. The van der Waals surface area contributed by atoms with Crippen molar-refractivity contribution in [1.29, 1.82) is 0 Å². The van der Waals surface area contributed by atoms with Gasteiger partial charge in [0.15, 0.2) is 0 Å². The highest BCUT2D eigenvalue weighted by Gasteiger charge is 2.21. The molecule has 48 heavy (non-hydrogen) atoms. The van der Waals surface area contributed by atoms with Crippen molar-refractivity contribution >= 4 is 76.6 Å². The Labute approximate surface area is 274 Å². The lowest BCUT2D eigenvalue weighted by Crippen LogP contribution is -1.96. The zero-order valence-electron chi connectivity index (χ0n) is 25.8. The van der Waals surface area contributed by atoms with Crippen molar-refractivity contribution in [2.75, 3.05) is 0 Å². The van der Waals surface area contributed by atoms with Crippen LogP contribution in [-0.2, 0) is 0 Å². The van der Waals surface area contributed by atoms with Gasteiger partial charge in [-0.05, 0) is 72.8 Å². The van der Waals surface area contributed by atoms with Crippen LogP contribution in [0.25, 0.3) is 93.6 Å². The molecule has 0 saturated heterocycles. The Morgan fingerprint density at radius 1 is 0.312 bits per heavy atom. The second kappa shape index (κ2) is 9.50. The minimum absolute atomic E-state index is 0.870. The number of furan rings is 1. The predicted octanol–water partition coefficient (Wildman–Crippen LogP) is 11.7. The molecular formula is C44H27N3O. The molecule has 0 radical (unpaired) electrons. The van der Waals surface area contributed by atoms with Crippen LogP contribution in [0.3, 0.4) is 0 Å². The third-order valence-electron chi connectivity index (χ3n) is 10.0. The third kappa shape index (κ3) is 3.38. The van der Waals surface area contributed by atoms with E-state index < -0.39 is 0 Å². The van der Waals surface area contributed by atoms with E-state index >= 15 is 0 Å². The molecule has 11 rings (SSSR count). The Kier molecular flexibility index (Phi) is 5.08. The molecule has 0 aliphatic rings. The number of aromatic nitrogens is 3. The first kappa shape index (κ1) is 25.6. The summed E-state index contributed by atoms with van der Waals surface area (Å²) in [6.45, 7) is 0. The second-order valence-electron chi connectivity index (χ2n) is 12.6. The minimum Gasteiger partial charge on any atom is -0.439 e. The molecule has 11 aromatic rings. The maximum atomic E-state index is 6.60. The summed E-state index contributed by atoms with van der Waals surface area (Å²) in [5.41, 5.74) is 11.0. The molecule has 0 aliphatic heterocycles. The van der Waals surface area contributed by atoms with Gasteiger partial charge in [-0.15, -0.1) is 0 Å². The largest absolute Gasteiger partial charge is 0.439 e. The fourth-order valence-electron chi connectivity index (χ4n) is 8.03. The quantitative estimate of drug-likeness (QED) is 0.195. The van der Waals surface area contributed by atoms with E-state index in [4.69, 9.17) is 4.42 Å². The summed E-state index contributed by atoms with van der Waals surface area (Å²) in [6.07, 6.45) is 0. The first-order valence-corrected chi connectivity index (χ1v) is 16.4. The Balaban J connectivity index is 1.24. The van der Waals surface area contributed by atoms with Crippen LogP contribution in [0.1, 0.15) is 0 Å². The number of fused-ring (bicyclic) bond motifs is 11. The van der Waals surface area contributed by atoms with E-state index in [0.29, 0.717) is 0 Å². The van der Waals surface area contributed by atoms with Crippen molar-refractivity contribution in [1.82, 2.24) is 13.7 Å². The maximum Gasteiger partial charge on any atom is 0.213 e. The van der Waals surface area contributed by atoms with E-state index in [-0.39, 0.29) is 0 Å². The Morgan fingerprint density at radius 2 is 0.771 bits per heavy atom. The normalized spacial score (nSPS) is 12.2. The van der Waals surface area contributed by atoms with Gasteiger partial charge in [0, 0.05) is 49.4 Å². The van der Waals surface area contributed by atoms with E-state index in [9.17, 15) is 0 Å². The van der Waals surface area contributed by atoms with Crippen molar-refractivity contribution in [3.63, 3.8) is 0 Å². The van der Waals surface area contributed by atoms with Gasteiger partial charge in [0.25, 0.3) is 0 Å². The van der Waals surface area contributed by atoms with Crippen LogP contribution >= 0.6 is 0 Å². The lowest BCUT2D eigenvalue weighted by atomic mass is 10.1. The average molecular weight is 614 g/mol. The van der Waals surface area contributed by atoms with E-state index in [1.54, 1.807) is 0 Å². The summed E-state index contributed by atoms with van der Waals surface area (Å²) in [5.74, 6) is 0. The lowest BCUT2D eigenvalue weighted by Gasteiger charge is -2.10. The third-order valence-corrected chi connectivity index (χ3v) is 10.0. The van der Waals surface area contributed by atoms with E-state index in [2.05, 4.69) is 171 Å². The highest BCUT2D eigenvalue weighted by molar-refractivity contribution is 6.20. The molecule has 0 spiro atoms. The summed E-state index contributed by atoms with van der Waals surface area (Å²) in [7, 11) is 0. The van der Waals surface area contributed by atoms with Crippen molar-refractivity contribution in [3.05, 3.63) is 164 Å². The van der Waals surface area contributed by atoms with Gasteiger partial charge in [-0.25, -0.2) is 0 Å². The molecule has 0 fully saturated rings. The number of para-hydroxylation sites is 5. The summed E-state index contributed by atoms with van der Waals surface area (Å²) in [4.78, 5) is 0. The standard InChI is InChI=1S/C44H27N3O/c1-2-12-28(13-3-1)45-40-24-22-29(46-37-18-8-4-14-31(37)32-15-5-9-19-38(32)46)26-35(40)36-27-30(23-25-41(36)45)47-39-20-10-6-16-33(39)43-34-17-7-11-21-42(34)48-44(43)47/h1-27H. The summed E-state index contributed by atoms with van der Waals surface area (Å²) in [5, 5.41) is 8.40. The smallest absolute Gasteiger partial charge is 0.213 e. The van der Waals surface area contributed by atoms with Crippen LogP contribution in [0.15, 0.2) is 168 Å². The Hall–Kier alpha value is -6.52. The van der Waals surface area contributed by atoms with Crippen molar-refractivity contribution in [3.8, 4) is 17.1 Å². The molecular weight excluding hydrogens is 587 g/mol. The number of rotatable bonds is 3. The predicted molar refractivity (Wildman–Crippen MR) is 199 cm³/mol. The van der Waals surface area contributed by atoms with E-state index in [1.807, 2.05) is 6.07 Å². The molecule has 4 aromatic heterocycles. The highest BCUT2D eigenvalue weighted by atomic mass is 16.3. The lowest BCUT2D eigenvalue weighted by molar-refractivity contribution is 0.645. The molecule has 4 heteroatoms. The van der Waals surface area contributed by atoms with Crippen LogP contribution in [-0.4, -0.2) is 13.7 Å². The van der Waals surface area contributed by atoms with Crippen LogP contribution in [0.2, 0.25) is 0 Å². The molecule has 4 heterocycles. The topological polar surface area (TPSA) is 27.9 Å². The SMILES string of the molecule is c1ccc(-n2c3ccc(-n4c5ccccc5c5ccccc54)cc3c3cc(-n4c5ccccc5c5c6ccccc6oc54)ccc32)cc1. The summed E-state index contributed by atoms with van der Waals surface area (Å²) < 4.78 is 13.7. The van der Waals surface area contributed by atoms with Gasteiger partial charge in [0.2, 0.25) is 5.71 Å². The molecule has 4 nitrogen and oxygen atoms in total. The Bertz CT molecular complexity index is 3010. The molecule has 0 amide bonds. The van der Waals surface area contributed by atoms with Crippen LogP contribution in [0.5, 0.6) is 0 Å². The van der Waals surface area contributed by atoms with E-state index in [0.717, 1.165) is 50.2 Å². The zero-order chi connectivity index (χ0) is 31.3. The molecule has 0 aliphatic carbocycles. The number of benzene rings is 7. The molecule has 0 bridgehead atoms. The number of hydrogen-bond acceptors (Lipinski definition) is 1. The van der Waals surface area contributed by atoms with Gasteiger partial charge < -0.3 is 13.6 Å². The van der Waals surface area contributed by atoms with Crippen molar-refractivity contribution in [2.24, 2.45) is 0 Å². The first-order chi connectivity index (χ1) is 23.8. The van der Waals surface area contributed by atoms with Gasteiger partial charge in [-0.2, -0.15) is 0 Å². The fourth-order valence-corrected chi connectivity index (χ4v) is 8.03. The van der Waals surface area contributed by atoms with Crippen LogP contribution in [0, 0.1) is 0 Å². The molecule has 0 unspecified atom stereocenters. The van der Waals surface area contributed by atoms with Gasteiger partial charge in [-0.1, -0.05) is 91.0 Å². The molecule has 0 atom stereocenters. The number of hydrogen-bond donors (Lipinski definition) is 0. The molecule has 0 N–H and O–H groups in total. The van der Waals surface area contributed by atoms with Gasteiger partial charge >= 0.3 is 0 Å². The van der Waals surface area contributed by atoms with Crippen LogP contribution < -0.4 is 0 Å². The van der Waals surface area contributed by atoms with Crippen molar-refractivity contribution < 1.29 is 4.42 Å². The minimum atomic E-state index is 0.870. The van der Waals surface area contributed by atoms with Gasteiger partial charge in [-0.3, -0.25) is 4.57 Å². The van der Waals surface area contributed by atoms with Gasteiger partial charge in [0.05, 0.1) is 33.0 Å².